The number of pyridine rings is 1. The lowest BCUT2D eigenvalue weighted by molar-refractivity contribution is 0.264. The summed E-state index contributed by atoms with van der Waals surface area (Å²) in [7, 11) is 4.07. The number of anilines is 2. The van der Waals surface area contributed by atoms with Crippen LogP contribution >= 0.6 is 0 Å². The van der Waals surface area contributed by atoms with Gasteiger partial charge in [0.25, 0.3) is 0 Å². The lowest BCUT2D eigenvalue weighted by atomic mass is 10.1. The van der Waals surface area contributed by atoms with E-state index >= 15 is 0 Å². The molecule has 16 heavy (non-hydrogen) atoms. The van der Waals surface area contributed by atoms with Crippen molar-refractivity contribution in [2.75, 3.05) is 37.8 Å². The minimum atomic E-state index is 0.600. The maximum atomic E-state index is 4.20. The van der Waals surface area contributed by atoms with Crippen molar-refractivity contribution in [1.29, 1.82) is 0 Å². The molecule has 1 aromatic rings. The molecule has 2 heterocycles. The van der Waals surface area contributed by atoms with E-state index in [4.69, 9.17) is 0 Å². The van der Waals surface area contributed by atoms with Crippen molar-refractivity contribution in [2.45, 2.75) is 18.9 Å². The molecule has 0 atom stereocenters. The summed E-state index contributed by atoms with van der Waals surface area (Å²) < 4.78 is 0. The molecule has 0 aliphatic carbocycles. The van der Waals surface area contributed by atoms with Crippen molar-refractivity contribution in [3.63, 3.8) is 0 Å². The van der Waals surface area contributed by atoms with Gasteiger partial charge in [0.1, 0.15) is 5.82 Å². The molecule has 0 amide bonds. The molecule has 0 bridgehead atoms. The minimum Gasteiger partial charge on any atom is -0.382 e. The van der Waals surface area contributed by atoms with Gasteiger partial charge >= 0.3 is 0 Å². The van der Waals surface area contributed by atoms with Crippen molar-refractivity contribution in [2.24, 2.45) is 0 Å². The first kappa shape index (κ1) is 11.2. The summed E-state index contributed by atoms with van der Waals surface area (Å²) in [6.45, 7) is 2.36. The van der Waals surface area contributed by atoms with Gasteiger partial charge < -0.3 is 15.5 Å². The molecular weight excluding hydrogens is 200 g/mol. The van der Waals surface area contributed by atoms with E-state index in [2.05, 4.69) is 33.6 Å². The monoisotopic (exact) mass is 220 g/mol. The quantitative estimate of drug-likeness (QED) is 0.812. The number of piperidine rings is 1. The van der Waals surface area contributed by atoms with Crippen molar-refractivity contribution in [1.82, 2.24) is 9.88 Å². The molecular formula is C12H20N4. The molecule has 1 saturated heterocycles. The second kappa shape index (κ2) is 5.16. The summed E-state index contributed by atoms with van der Waals surface area (Å²) in [5, 5.41) is 6.62. The average molecular weight is 220 g/mol. The molecule has 4 nitrogen and oxygen atoms in total. The van der Waals surface area contributed by atoms with Crippen LogP contribution in [0.1, 0.15) is 12.8 Å². The molecule has 2 rings (SSSR count). The highest BCUT2D eigenvalue weighted by molar-refractivity contribution is 5.52. The van der Waals surface area contributed by atoms with Crippen molar-refractivity contribution < 1.29 is 0 Å². The molecule has 0 spiro atoms. The third kappa shape index (κ3) is 2.85. The Morgan fingerprint density at radius 3 is 2.81 bits per heavy atom. The Morgan fingerprint density at radius 1 is 1.38 bits per heavy atom. The maximum Gasteiger partial charge on any atom is 0.127 e. The average Bonchev–Trinajstić information content (AvgIpc) is 2.32. The molecule has 0 radical (unpaired) electrons. The molecule has 1 aromatic heterocycles. The zero-order chi connectivity index (χ0) is 11.4. The summed E-state index contributed by atoms with van der Waals surface area (Å²) >= 11 is 0. The maximum absolute atomic E-state index is 4.20. The van der Waals surface area contributed by atoms with Gasteiger partial charge in [0.2, 0.25) is 0 Å². The van der Waals surface area contributed by atoms with Crippen LogP contribution in [0.25, 0.3) is 0 Å². The Labute approximate surface area is 97.1 Å². The van der Waals surface area contributed by atoms with E-state index in [0.29, 0.717) is 6.04 Å². The molecule has 0 unspecified atom stereocenters. The smallest absolute Gasteiger partial charge is 0.127 e. The molecule has 1 fully saturated rings. The van der Waals surface area contributed by atoms with E-state index in [1.165, 1.54) is 25.9 Å². The zero-order valence-corrected chi connectivity index (χ0v) is 10.0. The van der Waals surface area contributed by atoms with Gasteiger partial charge in [-0.15, -0.1) is 0 Å². The molecule has 2 N–H and O–H groups in total. The molecule has 4 heteroatoms. The topological polar surface area (TPSA) is 40.2 Å². The van der Waals surface area contributed by atoms with Gasteiger partial charge in [0.15, 0.2) is 0 Å². The van der Waals surface area contributed by atoms with Crippen molar-refractivity contribution in [3.8, 4) is 0 Å². The standard InChI is InChI=1S/C12H20N4/c1-13-12-9-11(3-6-14-12)15-10-4-7-16(2)8-5-10/h3,6,9-10H,4-5,7-8H2,1-2H3,(H2,13,14,15). The molecule has 0 saturated carbocycles. The second-order valence-corrected chi connectivity index (χ2v) is 4.40. The van der Waals surface area contributed by atoms with Crippen LogP contribution in [0, 0.1) is 0 Å². The third-order valence-electron chi connectivity index (χ3n) is 3.11. The number of aromatic nitrogens is 1. The molecule has 88 valence electrons. The minimum absolute atomic E-state index is 0.600. The van der Waals surface area contributed by atoms with E-state index in [9.17, 15) is 0 Å². The number of hydrogen-bond acceptors (Lipinski definition) is 4. The van der Waals surface area contributed by atoms with Crippen LogP contribution in [0.2, 0.25) is 0 Å². The van der Waals surface area contributed by atoms with Crippen LogP contribution in [-0.4, -0.2) is 43.1 Å². The van der Waals surface area contributed by atoms with Crippen LogP contribution < -0.4 is 10.6 Å². The summed E-state index contributed by atoms with van der Waals surface area (Å²) in [5.74, 6) is 0.915. The van der Waals surface area contributed by atoms with Crippen molar-refractivity contribution >= 4 is 11.5 Å². The highest BCUT2D eigenvalue weighted by Crippen LogP contribution is 2.17. The largest absolute Gasteiger partial charge is 0.382 e. The normalized spacial score (nSPS) is 18.4. The van der Waals surface area contributed by atoms with E-state index in [-0.39, 0.29) is 0 Å². The SMILES string of the molecule is CNc1cc(NC2CCN(C)CC2)ccn1. The molecule has 0 aromatic carbocycles. The first-order chi connectivity index (χ1) is 7.78. The van der Waals surface area contributed by atoms with Gasteiger partial charge in [-0.1, -0.05) is 0 Å². The fourth-order valence-corrected chi connectivity index (χ4v) is 2.05. The molecule has 1 aliphatic rings. The van der Waals surface area contributed by atoms with Crippen LogP contribution in [0.5, 0.6) is 0 Å². The predicted octanol–water partition coefficient (Wildman–Crippen LogP) is 1.63. The number of hydrogen-bond donors (Lipinski definition) is 2. The van der Waals surface area contributed by atoms with Gasteiger partial charge in [-0.2, -0.15) is 0 Å². The van der Waals surface area contributed by atoms with E-state index in [1.54, 1.807) is 0 Å². The van der Waals surface area contributed by atoms with Gasteiger partial charge in [-0.3, -0.25) is 0 Å². The Bertz CT molecular complexity index is 332. The summed E-state index contributed by atoms with van der Waals surface area (Å²) in [6, 6.07) is 4.68. The lowest BCUT2D eigenvalue weighted by Crippen LogP contribution is -2.36. The van der Waals surface area contributed by atoms with E-state index in [1.807, 2.05) is 19.3 Å². The first-order valence-electron chi connectivity index (χ1n) is 5.87. The zero-order valence-electron chi connectivity index (χ0n) is 10.0. The van der Waals surface area contributed by atoms with Crippen LogP contribution in [0.4, 0.5) is 11.5 Å². The van der Waals surface area contributed by atoms with Gasteiger partial charge in [-0.25, -0.2) is 4.98 Å². The highest BCUT2D eigenvalue weighted by atomic mass is 15.1. The predicted molar refractivity (Wildman–Crippen MR) is 67.9 cm³/mol. The Hall–Kier alpha value is -1.29. The van der Waals surface area contributed by atoms with E-state index < -0.39 is 0 Å². The van der Waals surface area contributed by atoms with Crippen LogP contribution in [-0.2, 0) is 0 Å². The summed E-state index contributed by atoms with van der Waals surface area (Å²) in [5.41, 5.74) is 1.16. The Balaban J connectivity index is 1.93. The number of nitrogens with zero attached hydrogens (tertiary/aromatic N) is 2. The third-order valence-corrected chi connectivity index (χ3v) is 3.11. The van der Waals surface area contributed by atoms with Gasteiger partial charge in [0.05, 0.1) is 0 Å². The van der Waals surface area contributed by atoms with Crippen LogP contribution in [0.15, 0.2) is 18.3 Å². The van der Waals surface area contributed by atoms with Gasteiger partial charge in [0, 0.05) is 31.0 Å². The Morgan fingerprint density at radius 2 is 2.12 bits per heavy atom. The fraction of sp³-hybridized carbons (Fsp3) is 0.583. The lowest BCUT2D eigenvalue weighted by Gasteiger charge is -2.30. The van der Waals surface area contributed by atoms with Crippen LogP contribution in [0.3, 0.4) is 0 Å². The van der Waals surface area contributed by atoms with Crippen molar-refractivity contribution in [3.05, 3.63) is 18.3 Å². The van der Waals surface area contributed by atoms with E-state index in [0.717, 1.165) is 11.5 Å². The summed E-state index contributed by atoms with van der Waals surface area (Å²) in [4.78, 5) is 6.58. The second-order valence-electron chi connectivity index (χ2n) is 4.40. The first-order valence-corrected chi connectivity index (χ1v) is 5.87. The number of likely N-dealkylation sites (tertiary alicyclic amines) is 1. The number of nitrogens with one attached hydrogen (secondary N) is 2. The van der Waals surface area contributed by atoms with Gasteiger partial charge in [-0.05, 0) is 39.0 Å². The fourth-order valence-electron chi connectivity index (χ4n) is 2.05. The Kier molecular flexibility index (Phi) is 3.62. The highest BCUT2D eigenvalue weighted by Gasteiger charge is 2.16. The number of rotatable bonds is 3. The molecule has 1 aliphatic heterocycles. The summed E-state index contributed by atoms with van der Waals surface area (Å²) in [6.07, 6.45) is 4.27.